The van der Waals surface area contributed by atoms with Gasteiger partial charge in [-0.25, -0.2) is 14.2 Å². The molecule has 2 aromatic carbocycles. The summed E-state index contributed by atoms with van der Waals surface area (Å²) < 4.78 is 63.8. The van der Waals surface area contributed by atoms with E-state index in [1.165, 1.54) is 6.92 Å². The first kappa shape index (κ1) is 18.4. The molecule has 0 atom stereocenters. The van der Waals surface area contributed by atoms with Gasteiger partial charge in [0.15, 0.2) is 11.6 Å². The minimum atomic E-state index is -4.53. The van der Waals surface area contributed by atoms with Crippen molar-refractivity contribution >= 4 is 11.6 Å². The van der Waals surface area contributed by atoms with Gasteiger partial charge in [0, 0.05) is 17.2 Å². The number of aromatic hydroxyl groups is 1. The Balaban J connectivity index is 2.17. The summed E-state index contributed by atoms with van der Waals surface area (Å²) in [7, 11) is 0. The van der Waals surface area contributed by atoms with E-state index < -0.39 is 35.0 Å². The molecule has 9 heteroatoms. The Kier molecular flexibility index (Phi) is 5.05. The van der Waals surface area contributed by atoms with Crippen LogP contribution in [0.5, 0.6) is 5.75 Å². The maximum atomic E-state index is 13.3. The van der Waals surface area contributed by atoms with E-state index in [0.29, 0.717) is 6.07 Å². The fourth-order valence-corrected chi connectivity index (χ4v) is 1.91. The lowest BCUT2D eigenvalue weighted by molar-refractivity contribution is -0.137. The maximum Gasteiger partial charge on any atom is 0.416 e. The normalized spacial score (nSPS) is 12.2. The molecule has 0 saturated carbocycles. The van der Waals surface area contributed by atoms with Crippen LogP contribution in [0.25, 0.3) is 0 Å². The fraction of sp³-hybridized carbons (Fsp3) is 0.125. The van der Waals surface area contributed by atoms with Gasteiger partial charge < -0.3 is 5.11 Å². The summed E-state index contributed by atoms with van der Waals surface area (Å²) >= 11 is 0. The van der Waals surface area contributed by atoms with Gasteiger partial charge >= 0.3 is 6.18 Å². The largest absolute Gasteiger partial charge is 0.504 e. The maximum absolute atomic E-state index is 13.3. The number of carbonyl (C=O) groups is 1. The molecular formula is C16H11F5N2O2. The number of benzene rings is 2. The third-order valence-electron chi connectivity index (χ3n) is 3.22. The van der Waals surface area contributed by atoms with Crippen LogP contribution in [0.4, 0.5) is 22.0 Å². The molecule has 0 aromatic heterocycles. The Bertz CT molecular complexity index is 830. The first-order valence-corrected chi connectivity index (χ1v) is 6.80. The molecule has 0 spiro atoms. The molecule has 0 unspecified atom stereocenters. The molecule has 0 aliphatic carbocycles. The van der Waals surface area contributed by atoms with Crippen LogP contribution in [0.1, 0.15) is 28.4 Å². The van der Waals surface area contributed by atoms with Crippen molar-refractivity contribution in [2.45, 2.75) is 13.1 Å². The summed E-state index contributed by atoms with van der Waals surface area (Å²) in [5.41, 5.74) is 0.649. The number of nitrogens with zero attached hydrogens (tertiary/aromatic N) is 1. The standard InChI is InChI=1S/C16H11F5N2O2/c1-8(12-6-11(17)7-13(18)14(12)24)22-23-15(25)9-2-4-10(5-3-9)16(19,20)21/h2-7,24H,1H3,(H,23,25). The van der Waals surface area contributed by atoms with E-state index in [0.717, 1.165) is 30.3 Å². The van der Waals surface area contributed by atoms with Crippen LogP contribution in [0.2, 0.25) is 0 Å². The highest BCUT2D eigenvalue weighted by Crippen LogP contribution is 2.29. The van der Waals surface area contributed by atoms with Crippen LogP contribution in [0, 0.1) is 11.6 Å². The molecule has 2 aromatic rings. The van der Waals surface area contributed by atoms with Gasteiger partial charge in [-0.1, -0.05) is 0 Å². The van der Waals surface area contributed by atoms with E-state index in [2.05, 4.69) is 5.10 Å². The average molecular weight is 358 g/mol. The number of alkyl halides is 3. The number of nitrogens with one attached hydrogen (secondary N) is 1. The summed E-state index contributed by atoms with van der Waals surface area (Å²) in [4.78, 5) is 11.9. The van der Waals surface area contributed by atoms with Gasteiger partial charge in [-0.2, -0.15) is 18.3 Å². The highest BCUT2D eigenvalue weighted by molar-refractivity contribution is 6.02. The summed E-state index contributed by atoms with van der Waals surface area (Å²) in [5, 5.41) is 13.1. The zero-order valence-electron chi connectivity index (χ0n) is 12.7. The second kappa shape index (κ2) is 6.88. The average Bonchev–Trinajstić information content (AvgIpc) is 2.55. The molecule has 2 rings (SSSR count). The zero-order chi connectivity index (χ0) is 18.8. The van der Waals surface area contributed by atoms with Crippen LogP contribution in [0.15, 0.2) is 41.5 Å². The smallest absolute Gasteiger partial charge is 0.416 e. The first-order valence-electron chi connectivity index (χ1n) is 6.80. The number of phenols is 1. The van der Waals surface area contributed by atoms with Gasteiger partial charge in [-0.15, -0.1) is 0 Å². The van der Waals surface area contributed by atoms with Crippen molar-refractivity contribution in [1.82, 2.24) is 5.43 Å². The van der Waals surface area contributed by atoms with Crippen molar-refractivity contribution in [3.05, 3.63) is 64.7 Å². The molecule has 0 aliphatic heterocycles. The summed E-state index contributed by atoms with van der Waals surface area (Å²) in [6.45, 7) is 1.28. The molecule has 0 fully saturated rings. The predicted molar refractivity (Wildman–Crippen MR) is 79.1 cm³/mol. The monoisotopic (exact) mass is 358 g/mol. The lowest BCUT2D eigenvalue weighted by Gasteiger charge is -2.08. The third-order valence-corrected chi connectivity index (χ3v) is 3.22. The van der Waals surface area contributed by atoms with Crippen molar-refractivity contribution in [2.24, 2.45) is 5.10 Å². The van der Waals surface area contributed by atoms with Gasteiger partial charge in [-0.3, -0.25) is 4.79 Å². The number of carbonyl (C=O) groups excluding carboxylic acids is 1. The van der Waals surface area contributed by atoms with Gasteiger partial charge in [-0.05, 0) is 37.3 Å². The Hall–Kier alpha value is -2.97. The second-order valence-corrected chi connectivity index (χ2v) is 5.00. The molecule has 0 bridgehead atoms. The molecule has 0 aliphatic rings. The zero-order valence-corrected chi connectivity index (χ0v) is 12.7. The van der Waals surface area contributed by atoms with Gasteiger partial charge in [0.05, 0.1) is 11.3 Å². The molecule has 2 N–H and O–H groups in total. The highest BCUT2D eigenvalue weighted by atomic mass is 19.4. The van der Waals surface area contributed by atoms with Crippen molar-refractivity contribution in [3.8, 4) is 5.75 Å². The summed E-state index contributed by atoms with van der Waals surface area (Å²) in [6.07, 6.45) is -4.53. The Labute approximate surface area is 138 Å². The number of phenolic OH excluding ortho intramolecular Hbond substituents is 1. The molecule has 0 heterocycles. The lowest BCUT2D eigenvalue weighted by Crippen LogP contribution is -2.19. The topological polar surface area (TPSA) is 61.7 Å². The van der Waals surface area contributed by atoms with Crippen molar-refractivity contribution in [2.75, 3.05) is 0 Å². The molecule has 132 valence electrons. The van der Waals surface area contributed by atoms with Gasteiger partial charge in [0.25, 0.3) is 5.91 Å². The van der Waals surface area contributed by atoms with E-state index in [-0.39, 0.29) is 16.8 Å². The first-order chi connectivity index (χ1) is 11.6. The minimum absolute atomic E-state index is 0.0980. The van der Waals surface area contributed by atoms with E-state index in [1.54, 1.807) is 0 Å². The van der Waals surface area contributed by atoms with E-state index in [4.69, 9.17) is 0 Å². The number of amides is 1. The Morgan fingerprint density at radius 1 is 1.12 bits per heavy atom. The van der Waals surface area contributed by atoms with Crippen LogP contribution >= 0.6 is 0 Å². The summed E-state index contributed by atoms with van der Waals surface area (Å²) in [5.74, 6) is -3.82. The SMILES string of the molecule is CC(=NNC(=O)c1ccc(C(F)(F)F)cc1)c1cc(F)cc(F)c1O. The molecular weight excluding hydrogens is 347 g/mol. The second-order valence-electron chi connectivity index (χ2n) is 5.00. The molecule has 0 saturated heterocycles. The third kappa shape index (κ3) is 4.31. The van der Waals surface area contributed by atoms with Crippen molar-refractivity contribution in [1.29, 1.82) is 0 Å². The number of hydrazone groups is 1. The highest BCUT2D eigenvalue weighted by Gasteiger charge is 2.30. The molecule has 0 radical (unpaired) electrons. The van der Waals surface area contributed by atoms with E-state index >= 15 is 0 Å². The number of hydrogen-bond acceptors (Lipinski definition) is 3. The number of rotatable bonds is 3. The molecule has 4 nitrogen and oxygen atoms in total. The molecule has 1 amide bonds. The quantitative estimate of drug-likeness (QED) is 0.497. The minimum Gasteiger partial charge on any atom is -0.504 e. The lowest BCUT2D eigenvalue weighted by atomic mass is 10.1. The Morgan fingerprint density at radius 3 is 2.28 bits per heavy atom. The van der Waals surface area contributed by atoms with Gasteiger partial charge in [0.2, 0.25) is 0 Å². The fourth-order valence-electron chi connectivity index (χ4n) is 1.91. The van der Waals surface area contributed by atoms with Crippen LogP contribution < -0.4 is 5.43 Å². The van der Waals surface area contributed by atoms with Gasteiger partial charge in [0.1, 0.15) is 5.82 Å². The van der Waals surface area contributed by atoms with Crippen molar-refractivity contribution < 1.29 is 31.9 Å². The number of hydrogen-bond donors (Lipinski definition) is 2. The Morgan fingerprint density at radius 2 is 1.72 bits per heavy atom. The van der Waals surface area contributed by atoms with Crippen LogP contribution in [0.3, 0.4) is 0 Å². The molecule has 25 heavy (non-hydrogen) atoms. The van der Waals surface area contributed by atoms with E-state index in [9.17, 15) is 31.9 Å². The van der Waals surface area contributed by atoms with E-state index in [1.807, 2.05) is 5.43 Å². The number of halogens is 5. The predicted octanol–water partition coefficient (Wildman–Crippen LogP) is 3.84. The summed E-state index contributed by atoms with van der Waals surface area (Å²) in [6, 6.07) is 4.69. The van der Waals surface area contributed by atoms with Crippen LogP contribution in [-0.2, 0) is 6.18 Å². The van der Waals surface area contributed by atoms with Crippen molar-refractivity contribution in [3.63, 3.8) is 0 Å². The van der Waals surface area contributed by atoms with Crippen LogP contribution in [-0.4, -0.2) is 16.7 Å².